The summed E-state index contributed by atoms with van der Waals surface area (Å²) in [6.07, 6.45) is 2.61. The van der Waals surface area contributed by atoms with E-state index in [1.807, 2.05) is 20.8 Å². The summed E-state index contributed by atoms with van der Waals surface area (Å²) in [5.74, 6) is -0.234. The average molecular weight is 283 g/mol. The number of piperidine rings is 1. The van der Waals surface area contributed by atoms with Crippen LogP contribution in [0.1, 0.15) is 40.0 Å². The maximum Gasteiger partial charge on any atom is 0.328 e. The van der Waals surface area contributed by atoms with Crippen molar-refractivity contribution in [3.05, 3.63) is 0 Å². The summed E-state index contributed by atoms with van der Waals surface area (Å²) in [6.45, 7) is 6.64. The molecule has 2 fully saturated rings. The normalized spacial score (nSPS) is 37.8. The molecule has 1 amide bonds. The van der Waals surface area contributed by atoms with Crippen molar-refractivity contribution in [1.29, 1.82) is 0 Å². The SMILES string of the molecule is COC(=O)C1CCCCN1C(=O)C1C(C)OC(C)C1C. The summed E-state index contributed by atoms with van der Waals surface area (Å²) >= 11 is 0. The summed E-state index contributed by atoms with van der Waals surface area (Å²) in [5, 5.41) is 0. The van der Waals surface area contributed by atoms with Crippen LogP contribution < -0.4 is 0 Å². The molecular weight excluding hydrogens is 258 g/mol. The molecule has 5 atom stereocenters. The molecule has 0 saturated carbocycles. The lowest BCUT2D eigenvalue weighted by Gasteiger charge is -2.36. The maximum absolute atomic E-state index is 12.8. The van der Waals surface area contributed by atoms with Crippen molar-refractivity contribution in [3.63, 3.8) is 0 Å². The van der Waals surface area contributed by atoms with Gasteiger partial charge in [-0.25, -0.2) is 4.79 Å². The lowest BCUT2D eigenvalue weighted by molar-refractivity contribution is -0.157. The van der Waals surface area contributed by atoms with Gasteiger partial charge in [-0.2, -0.15) is 0 Å². The fourth-order valence-corrected chi connectivity index (χ4v) is 3.46. The van der Waals surface area contributed by atoms with E-state index in [2.05, 4.69) is 0 Å². The Morgan fingerprint density at radius 1 is 1.15 bits per heavy atom. The largest absolute Gasteiger partial charge is 0.467 e. The molecule has 5 nitrogen and oxygen atoms in total. The van der Waals surface area contributed by atoms with Gasteiger partial charge in [-0.05, 0) is 39.0 Å². The second-order valence-corrected chi connectivity index (χ2v) is 6.00. The fraction of sp³-hybridized carbons (Fsp3) is 0.867. The molecule has 0 spiro atoms. The van der Waals surface area contributed by atoms with Gasteiger partial charge < -0.3 is 14.4 Å². The van der Waals surface area contributed by atoms with Gasteiger partial charge in [0.15, 0.2) is 0 Å². The van der Waals surface area contributed by atoms with Crippen LogP contribution in [0, 0.1) is 11.8 Å². The Morgan fingerprint density at radius 2 is 1.85 bits per heavy atom. The Labute approximate surface area is 120 Å². The minimum Gasteiger partial charge on any atom is -0.467 e. The number of hydrogen-bond donors (Lipinski definition) is 0. The van der Waals surface area contributed by atoms with E-state index in [1.165, 1.54) is 7.11 Å². The van der Waals surface area contributed by atoms with Crippen molar-refractivity contribution in [2.75, 3.05) is 13.7 Å². The Morgan fingerprint density at radius 3 is 2.40 bits per heavy atom. The summed E-state index contributed by atoms with van der Waals surface area (Å²) in [5.41, 5.74) is 0. The molecule has 0 radical (unpaired) electrons. The van der Waals surface area contributed by atoms with Gasteiger partial charge in [-0.1, -0.05) is 6.92 Å². The molecule has 2 rings (SSSR count). The highest BCUT2D eigenvalue weighted by molar-refractivity contribution is 5.86. The molecule has 2 heterocycles. The Kier molecular flexibility index (Phi) is 4.68. The van der Waals surface area contributed by atoms with Crippen LogP contribution in [0.3, 0.4) is 0 Å². The molecule has 114 valence electrons. The van der Waals surface area contributed by atoms with Gasteiger partial charge in [0, 0.05) is 6.54 Å². The minimum absolute atomic E-state index is 0.0458. The molecule has 2 saturated heterocycles. The Bertz CT molecular complexity index is 384. The number of carbonyl (C=O) groups excluding carboxylic acids is 2. The summed E-state index contributed by atoms with van der Waals surface area (Å²) in [7, 11) is 1.38. The number of rotatable bonds is 2. The maximum atomic E-state index is 12.8. The molecule has 5 heteroatoms. The van der Waals surface area contributed by atoms with E-state index in [-0.39, 0.29) is 35.9 Å². The quantitative estimate of drug-likeness (QED) is 0.722. The molecule has 0 aliphatic carbocycles. The van der Waals surface area contributed by atoms with E-state index in [0.29, 0.717) is 13.0 Å². The fourth-order valence-electron chi connectivity index (χ4n) is 3.46. The smallest absolute Gasteiger partial charge is 0.328 e. The summed E-state index contributed by atoms with van der Waals surface area (Å²) < 4.78 is 10.6. The highest BCUT2D eigenvalue weighted by Crippen LogP contribution is 2.35. The number of ether oxygens (including phenoxy) is 2. The van der Waals surface area contributed by atoms with Gasteiger partial charge in [-0.3, -0.25) is 4.79 Å². The molecule has 2 aliphatic rings. The van der Waals surface area contributed by atoms with Crippen LogP contribution in [-0.4, -0.2) is 48.7 Å². The van der Waals surface area contributed by atoms with Crippen molar-refractivity contribution >= 4 is 11.9 Å². The average Bonchev–Trinajstić information content (AvgIpc) is 2.70. The number of nitrogens with zero attached hydrogens (tertiary/aromatic N) is 1. The van der Waals surface area contributed by atoms with Crippen LogP contribution in [0.25, 0.3) is 0 Å². The van der Waals surface area contributed by atoms with E-state index >= 15 is 0 Å². The first-order valence-corrected chi connectivity index (χ1v) is 7.51. The third-order valence-electron chi connectivity index (χ3n) is 4.79. The number of amides is 1. The van der Waals surface area contributed by atoms with Crippen molar-refractivity contribution in [2.24, 2.45) is 11.8 Å². The van der Waals surface area contributed by atoms with Crippen molar-refractivity contribution in [2.45, 2.75) is 58.3 Å². The van der Waals surface area contributed by atoms with Crippen molar-refractivity contribution in [1.82, 2.24) is 4.90 Å². The van der Waals surface area contributed by atoms with Crippen LogP contribution in [0.2, 0.25) is 0 Å². The third-order valence-corrected chi connectivity index (χ3v) is 4.79. The van der Waals surface area contributed by atoms with E-state index in [9.17, 15) is 9.59 Å². The van der Waals surface area contributed by atoms with Crippen molar-refractivity contribution < 1.29 is 19.1 Å². The predicted octanol–water partition coefficient (Wildman–Crippen LogP) is 1.60. The van der Waals surface area contributed by atoms with Gasteiger partial charge in [0.1, 0.15) is 6.04 Å². The van der Waals surface area contributed by atoms with Gasteiger partial charge in [0.2, 0.25) is 5.91 Å². The molecular formula is C15H25NO4. The van der Waals surface area contributed by atoms with Gasteiger partial charge in [0.25, 0.3) is 0 Å². The topological polar surface area (TPSA) is 55.8 Å². The van der Waals surface area contributed by atoms with Gasteiger partial charge >= 0.3 is 5.97 Å². The second-order valence-electron chi connectivity index (χ2n) is 6.00. The van der Waals surface area contributed by atoms with Crippen LogP contribution in [0.5, 0.6) is 0 Å². The predicted molar refractivity (Wildman–Crippen MR) is 74.0 cm³/mol. The first-order valence-electron chi connectivity index (χ1n) is 7.51. The van der Waals surface area contributed by atoms with Crippen LogP contribution in [0.4, 0.5) is 0 Å². The van der Waals surface area contributed by atoms with Crippen LogP contribution in [0.15, 0.2) is 0 Å². The minimum atomic E-state index is -0.420. The molecule has 5 unspecified atom stereocenters. The number of likely N-dealkylation sites (tertiary alicyclic amines) is 1. The van der Waals surface area contributed by atoms with E-state index < -0.39 is 6.04 Å². The monoisotopic (exact) mass is 283 g/mol. The molecule has 2 aliphatic heterocycles. The number of hydrogen-bond acceptors (Lipinski definition) is 4. The van der Waals surface area contributed by atoms with E-state index in [0.717, 1.165) is 12.8 Å². The second kappa shape index (κ2) is 6.12. The first-order chi connectivity index (χ1) is 9.47. The lowest BCUT2D eigenvalue weighted by Crippen LogP contribution is -2.52. The van der Waals surface area contributed by atoms with Crippen LogP contribution in [-0.2, 0) is 19.1 Å². The molecule has 0 aromatic heterocycles. The molecule has 0 bridgehead atoms. The van der Waals surface area contributed by atoms with Crippen LogP contribution >= 0.6 is 0 Å². The first kappa shape index (κ1) is 15.3. The summed E-state index contributed by atoms with van der Waals surface area (Å²) in [6, 6.07) is -0.420. The number of methoxy groups -OCH3 is 1. The third kappa shape index (κ3) is 2.68. The highest BCUT2D eigenvalue weighted by Gasteiger charge is 2.45. The lowest BCUT2D eigenvalue weighted by atomic mass is 9.87. The van der Waals surface area contributed by atoms with E-state index in [4.69, 9.17) is 9.47 Å². The zero-order valence-electron chi connectivity index (χ0n) is 12.8. The number of carbonyl (C=O) groups is 2. The standard InChI is InChI=1S/C15H25NO4/c1-9-10(2)20-11(3)13(9)14(17)16-8-6-5-7-12(16)15(18)19-4/h9-13H,5-8H2,1-4H3. The Hall–Kier alpha value is -1.10. The zero-order chi connectivity index (χ0) is 14.9. The zero-order valence-corrected chi connectivity index (χ0v) is 12.8. The Balaban J connectivity index is 2.15. The van der Waals surface area contributed by atoms with E-state index in [1.54, 1.807) is 4.90 Å². The number of esters is 1. The molecule has 0 N–H and O–H groups in total. The van der Waals surface area contributed by atoms with Gasteiger partial charge in [0.05, 0.1) is 25.2 Å². The van der Waals surface area contributed by atoms with Gasteiger partial charge in [-0.15, -0.1) is 0 Å². The van der Waals surface area contributed by atoms with Crippen molar-refractivity contribution in [3.8, 4) is 0 Å². The molecule has 0 aromatic rings. The highest BCUT2D eigenvalue weighted by atomic mass is 16.5. The molecule has 20 heavy (non-hydrogen) atoms. The molecule has 0 aromatic carbocycles. The summed E-state index contributed by atoms with van der Waals surface area (Å²) in [4.78, 5) is 26.4.